The van der Waals surface area contributed by atoms with Gasteiger partial charge in [0.05, 0.1) is 5.97 Å². The van der Waals surface area contributed by atoms with E-state index in [9.17, 15) is 9.90 Å². The summed E-state index contributed by atoms with van der Waals surface area (Å²) in [6.45, 7) is 3.80. The summed E-state index contributed by atoms with van der Waals surface area (Å²) in [6, 6.07) is 7.86. The summed E-state index contributed by atoms with van der Waals surface area (Å²) in [6.07, 6.45) is 5.28. The van der Waals surface area contributed by atoms with E-state index in [1.807, 2.05) is 24.3 Å². The van der Waals surface area contributed by atoms with E-state index in [-0.39, 0.29) is 10.1 Å². The summed E-state index contributed by atoms with van der Waals surface area (Å²) < 4.78 is 5.20. The zero-order chi connectivity index (χ0) is 16.9. The van der Waals surface area contributed by atoms with Crippen LogP contribution in [0.1, 0.15) is 30.7 Å². The van der Waals surface area contributed by atoms with Crippen molar-refractivity contribution in [3.63, 3.8) is 0 Å². The van der Waals surface area contributed by atoms with Crippen molar-refractivity contribution in [2.45, 2.75) is 31.4 Å². The van der Waals surface area contributed by atoms with E-state index < -0.39 is 5.97 Å². The van der Waals surface area contributed by atoms with Crippen LogP contribution in [-0.4, -0.2) is 29.3 Å². The van der Waals surface area contributed by atoms with Crippen molar-refractivity contribution in [2.75, 3.05) is 18.0 Å². The number of hydrogen-bond acceptors (Lipinski definition) is 7. The first-order chi connectivity index (χ1) is 11.6. The SMILES string of the molecule is Cc1nnc(S/C(=C/c2ccc(N3CCCCC3)cc2)C(=O)[O-])o1. The molecule has 2 aromatic rings. The Morgan fingerprint density at radius 2 is 1.92 bits per heavy atom. The fourth-order valence-corrected chi connectivity index (χ4v) is 3.34. The summed E-state index contributed by atoms with van der Waals surface area (Å²) in [5, 5.41) is 19.0. The average Bonchev–Trinajstić information content (AvgIpc) is 3.01. The van der Waals surface area contributed by atoms with Crippen LogP contribution >= 0.6 is 11.8 Å². The number of rotatable bonds is 5. The van der Waals surface area contributed by atoms with E-state index in [0.29, 0.717) is 5.89 Å². The minimum atomic E-state index is -1.27. The van der Waals surface area contributed by atoms with Crippen LogP contribution in [-0.2, 0) is 4.79 Å². The van der Waals surface area contributed by atoms with Crippen LogP contribution in [0.5, 0.6) is 0 Å². The van der Waals surface area contributed by atoms with Crippen molar-refractivity contribution in [3.05, 3.63) is 40.6 Å². The maximum absolute atomic E-state index is 11.3. The van der Waals surface area contributed by atoms with Gasteiger partial charge in [0.1, 0.15) is 0 Å². The van der Waals surface area contributed by atoms with Crippen molar-refractivity contribution in [2.24, 2.45) is 0 Å². The van der Waals surface area contributed by atoms with Crippen molar-refractivity contribution in [1.82, 2.24) is 10.2 Å². The number of carboxylic acids is 1. The summed E-state index contributed by atoms with van der Waals surface area (Å²) >= 11 is 0.893. The highest BCUT2D eigenvalue weighted by Crippen LogP contribution is 2.27. The topological polar surface area (TPSA) is 82.3 Å². The van der Waals surface area contributed by atoms with Crippen molar-refractivity contribution >= 4 is 29.5 Å². The maximum atomic E-state index is 11.3. The van der Waals surface area contributed by atoms with Gasteiger partial charge in [-0.3, -0.25) is 0 Å². The van der Waals surface area contributed by atoms with E-state index in [0.717, 1.165) is 30.4 Å². The lowest BCUT2D eigenvalue weighted by molar-refractivity contribution is -0.298. The zero-order valence-electron chi connectivity index (χ0n) is 13.4. The first-order valence-corrected chi connectivity index (χ1v) is 8.69. The molecule has 6 nitrogen and oxygen atoms in total. The monoisotopic (exact) mass is 344 g/mol. The van der Waals surface area contributed by atoms with Crippen LogP contribution in [0.25, 0.3) is 6.08 Å². The molecule has 0 radical (unpaired) electrons. The Labute approximate surface area is 144 Å². The summed E-state index contributed by atoms with van der Waals surface area (Å²) in [5.41, 5.74) is 1.96. The second-order valence-corrected chi connectivity index (χ2v) is 6.62. The molecule has 1 fully saturated rings. The second kappa shape index (κ2) is 7.53. The maximum Gasteiger partial charge on any atom is 0.281 e. The molecule has 0 atom stereocenters. The lowest BCUT2D eigenvalue weighted by Crippen LogP contribution is -2.29. The van der Waals surface area contributed by atoms with Crippen molar-refractivity contribution in [3.8, 4) is 0 Å². The number of aryl methyl sites for hydroxylation is 1. The number of carbonyl (C=O) groups excluding carboxylic acids is 1. The van der Waals surface area contributed by atoms with Crippen LogP contribution in [0.2, 0.25) is 0 Å². The minimum Gasteiger partial charge on any atom is -0.544 e. The molecule has 0 saturated carbocycles. The lowest BCUT2D eigenvalue weighted by atomic mass is 10.1. The van der Waals surface area contributed by atoms with E-state index >= 15 is 0 Å². The lowest BCUT2D eigenvalue weighted by Gasteiger charge is -2.28. The second-order valence-electron chi connectivity index (χ2n) is 5.62. The van der Waals surface area contributed by atoms with Gasteiger partial charge in [-0.25, -0.2) is 0 Å². The number of benzene rings is 1. The van der Waals surface area contributed by atoms with E-state index in [1.165, 1.54) is 24.9 Å². The largest absolute Gasteiger partial charge is 0.544 e. The van der Waals surface area contributed by atoms with E-state index in [1.54, 1.807) is 13.0 Å². The van der Waals surface area contributed by atoms with Gasteiger partial charge in [0.2, 0.25) is 5.89 Å². The molecule has 1 aromatic heterocycles. The van der Waals surface area contributed by atoms with Crippen LogP contribution < -0.4 is 10.0 Å². The molecule has 126 valence electrons. The molecule has 0 N–H and O–H groups in total. The Morgan fingerprint density at radius 1 is 1.21 bits per heavy atom. The predicted octanol–water partition coefficient (Wildman–Crippen LogP) is 2.25. The Hall–Kier alpha value is -2.28. The fourth-order valence-electron chi connectivity index (χ4n) is 2.63. The third-order valence-corrected chi connectivity index (χ3v) is 4.66. The van der Waals surface area contributed by atoms with Gasteiger partial charge >= 0.3 is 0 Å². The number of anilines is 1. The number of aromatic nitrogens is 2. The molecule has 0 spiro atoms. The molecular formula is C17H18N3O3S-. The van der Waals surface area contributed by atoms with Gasteiger partial charge in [-0.15, -0.1) is 10.2 Å². The molecule has 1 aliphatic heterocycles. The highest BCUT2D eigenvalue weighted by Gasteiger charge is 2.11. The Bertz CT molecular complexity index is 734. The Kier molecular flexibility index (Phi) is 5.20. The summed E-state index contributed by atoms with van der Waals surface area (Å²) in [4.78, 5) is 13.7. The number of thioether (sulfide) groups is 1. The standard InChI is InChI=1S/C17H19N3O3S/c1-12-18-19-17(23-12)24-15(16(21)22)11-13-5-7-14(8-6-13)20-9-3-2-4-10-20/h5-8,11H,2-4,9-10H2,1H3,(H,21,22)/p-1/b15-11+. The van der Waals surface area contributed by atoms with Gasteiger partial charge < -0.3 is 19.2 Å². The van der Waals surface area contributed by atoms with Crippen LogP contribution in [0.15, 0.2) is 38.8 Å². The third-order valence-electron chi connectivity index (χ3n) is 3.82. The third kappa shape index (κ3) is 4.17. The normalized spacial score (nSPS) is 15.5. The van der Waals surface area contributed by atoms with Crippen LogP contribution in [0.4, 0.5) is 5.69 Å². The number of piperidine rings is 1. The number of carbonyl (C=O) groups is 1. The van der Waals surface area contributed by atoms with Crippen LogP contribution in [0.3, 0.4) is 0 Å². The molecule has 0 unspecified atom stereocenters. The first-order valence-electron chi connectivity index (χ1n) is 7.88. The first kappa shape index (κ1) is 16.6. The van der Waals surface area contributed by atoms with Crippen molar-refractivity contribution < 1.29 is 14.3 Å². The molecule has 0 bridgehead atoms. The number of hydrogen-bond donors (Lipinski definition) is 0. The molecule has 2 heterocycles. The van der Waals surface area contributed by atoms with Crippen LogP contribution in [0, 0.1) is 6.92 Å². The highest BCUT2D eigenvalue weighted by molar-refractivity contribution is 8.03. The highest BCUT2D eigenvalue weighted by atomic mass is 32.2. The number of aliphatic carboxylic acids is 1. The molecule has 1 aromatic carbocycles. The van der Waals surface area contributed by atoms with Gasteiger partial charge in [-0.1, -0.05) is 12.1 Å². The Morgan fingerprint density at radius 3 is 2.50 bits per heavy atom. The molecule has 24 heavy (non-hydrogen) atoms. The van der Waals surface area contributed by atoms with Gasteiger partial charge in [0, 0.05) is 30.6 Å². The van der Waals surface area contributed by atoms with Crippen molar-refractivity contribution in [1.29, 1.82) is 0 Å². The molecule has 1 saturated heterocycles. The molecule has 0 aliphatic carbocycles. The summed E-state index contributed by atoms with van der Waals surface area (Å²) in [7, 11) is 0. The van der Waals surface area contributed by atoms with Gasteiger partial charge in [0.25, 0.3) is 5.22 Å². The quantitative estimate of drug-likeness (QED) is 0.608. The predicted molar refractivity (Wildman–Crippen MR) is 90.4 cm³/mol. The minimum absolute atomic E-state index is 0.0318. The number of carboxylic acid groups (broad SMARTS) is 1. The molecule has 1 aliphatic rings. The van der Waals surface area contributed by atoms with Gasteiger partial charge in [-0.05, 0) is 54.8 Å². The Balaban J connectivity index is 1.75. The van der Waals surface area contributed by atoms with Gasteiger partial charge in [-0.2, -0.15) is 0 Å². The fraction of sp³-hybridized carbons (Fsp3) is 0.353. The zero-order valence-corrected chi connectivity index (χ0v) is 14.2. The molecule has 0 amide bonds. The molecule has 3 rings (SSSR count). The molecular weight excluding hydrogens is 326 g/mol. The van der Waals surface area contributed by atoms with Gasteiger partial charge in [0.15, 0.2) is 0 Å². The smallest absolute Gasteiger partial charge is 0.281 e. The molecule has 7 heteroatoms. The van der Waals surface area contributed by atoms with E-state index in [2.05, 4.69) is 15.1 Å². The average molecular weight is 344 g/mol. The summed E-state index contributed by atoms with van der Waals surface area (Å²) in [5.74, 6) is -0.878. The number of nitrogens with zero attached hydrogens (tertiary/aromatic N) is 3. The van der Waals surface area contributed by atoms with E-state index in [4.69, 9.17) is 4.42 Å².